The van der Waals surface area contributed by atoms with E-state index in [9.17, 15) is 9.90 Å². The van der Waals surface area contributed by atoms with Crippen molar-refractivity contribution in [3.05, 3.63) is 0 Å². The summed E-state index contributed by atoms with van der Waals surface area (Å²) in [7, 11) is 0. The van der Waals surface area contributed by atoms with Gasteiger partial charge in [0.05, 0.1) is 0 Å². The number of amides is 1. The average molecular weight is 268 g/mol. The lowest BCUT2D eigenvalue weighted by molar-refractivity contribution is -0.158. The molecule has 0 aliphatic carbocycles. The van der Waals surface area contributed by atoms with Crippen molar-refractivity contribution in [3.63, 3.8) is 0 Å². The molecule has 0 aromatic heterocycles. The highest BCUT2D eigenvalue weighted by Gasteiger charge is 2.44. The van der Waals surface area contributed by atoms with Gasteiger partial charge in [0.1, 0.15) is 6.23 Å². The van der Waals surface area contributed by atoms with Crippen LogP contribution in [0.5, 0.6) is 0 Å². The molecular weight excluding hydrogens is 240 g/mol. The van der Waals surface area contributed by atoms with E-state index in [1.165, 1.54) is 0 Å². The summed E-state index contributed by atoms with van der Waals surface area (Å²) in [6.45, 7) is 10.7. The molecule has 2 aliphatic rings. The summed E-state index contributed by atoms with van der Waals surface area (Å²) in [4.78, 5) is 14.0. The van der Waals surface area contributed by atoms with Gasteiger partial charge in [-0.2, -0.15) is 0 Å². The van der Waals surface area contributed by atoms with Crippen LogP contribution in [0.4, 0.5) is 0 Å². The van der Waals surface area contributed by atoms with Gasteiger partial charge in [0.2, 0.25) is 5.91 Å². The minimum Gasteiger partial charge on any atom is -0.374 e. The number of hydrogen-bond donors (Lipinski definition) is 2. The summed E-state index contributed by atoms with van der Waals surface area (Å²) < 4.78 is 0. The van der Waals surface area contributed by atoms with Gasteiger partial charge in [0.25, 0.3) is 0 Å². The van der Waals surface area contributed by atoms with E-state index < -0.39 is 6.23 Å². The molecule has 2 heterocycles. The SMILES string of the molecule is CC1CC(=O)N(C2CC(C)(C)NC(C)(C)C2)C(O)C1. The number of aliphatic hydroxyl groups is 1. The topological polar surface area (TPSA) is 52.6 Å². The molecule has 0 aromatic rings. The van der Waals surface area contributed by atoms with Crippen molar-refractivity contribution in [2.75, 3.05) is 0 Å². The number of rotatable bonds is 1. The Balaban J connectivity index is 2.18. The molecule has 1 amide bonds. The average Bonchev–Trinajstić information content (AvgIpc) is 2.09. The summed E-state index contributed by atoms with van der Waals surface area (Å²) in [5, 5.41) is 13.9. The monoisotopic (exact) mass is 268 g/mol. The first-order valence-corrected chi connectivity index (χ1v) is 7.38. The third-order valence-electron chi connectivity index (χ3n) is 4.31. The predicted molar refractivity (Wildman–Crippen MR) is 75.6 cm³/mol. The van der Waals surface area contributed by atoms with Gasteiger partial charge in [-0.05, 0) is 52.9 Å². The van der Waals surface area contributed by atoms with Crippen LogP contribution in [0.3, 0.4) is 0 Å². The maximum atomic E-state index is 12.3. The molecule has 110 valence electrons. The van der Waals surface area contributed by atoms with Crippen LogP contribution in [0, 0.1) is 5.92 Å². The molecule has 0 radical (unpaired) electrons. The third-order valence-corrected chi connectivity index (χ3v) is 4.31. The van der Waals surface area contributed by atoms with Crippen LogP contribution >= 0.6 is 0 Å². The molecule has 0 bridgehead atoms. The molecule has 4 heteroatoms. The lowest BCUT2D eigenvalue weighted by Gasteiger charge is -2.51. The fourth-order valence-corrected chi connectivity index (χ4v) is 4.04. The maximum absolute atomic E-state index is 12.3. The van der Waals surface area contributed by atoms with E-state index in [0.29, 0.717) is 18.8 Å². The van der Waals surface area contributed by atoms with Crippen molar-refractivity contribution in [2.24, 2.45) is 5.92 Å². The largest absolute Gasteiger partial charge is 0.374 e. The molecule has 2 rings (SSSR count). The maximum Gasteiger partial charge on any atom is 0.225 e. The van der Waals surface area contributed by atoms with Crippen molar-refractivity contribution in [3.8, 4) is 0 Å². The van der Waals surface area contributed by atoms with E-state index in [2.05, 4.69) is 33.0 Å². The Morgan fingerprint density at radius 2 is 1.74 bits per heavy atom. The van der Waals surface area contributed by atoms with E-state index in [0.717, 1.165) is 12.8 Å². The summed E-state index contributed by atoms with van der Waals surface area (Å²) in [5.41, 5.74) is -0.00897. The first kappa shape index (κ1) is 14.8. The number of aliphatic hydroxyl groups excluding tert-OH is 1. The molecule has 2 fully saturated rings. The van der Waals surface area contributed by atoms with Gasteiger partial charge in [-0.1, -0.05) is 6.92 Å². The second kappa shape index (κ2) is 4.74. The van der Waals surface area contributed by atoms with Crippen LogP contribution in [0.2, 0.25) is 0 Å². The number of carbonyl (C=O) groups excluding carboxylic acids is 1. The first-order chi connectivity index (χ1) is 8.60. The lowest BCUT2D eigenvalue weighted by Crippen LogP contribution is -2.64. The number of nitrogens with one attached hydrogen (secondary N) is 1. The smallest absolute Gasteiger partial charge is 0.225 e. The van der Waals surface area contributed by atoms with Crippen LogP contribution in [0.25, 0.3) is 0 Å². The van der Waals surface area contributed by atoms with Crippen LogP contribution in [-0.4, -0.2) is 39.3 Å². The molecular formula is C15H28N2O2. The molecule has 2 unspecified atom stereocenters. The highest BCUT2D eigenvalue weighted by Crippen LogP contribution is 2.35. The molecule has 2 atom stereocenters. The van der Waals surface area contributed by atoms with E-state index in [1.807, 2.05) is 6.92 Å². The van der Waals surface area contributed by atoms with E-state index >= 15 is 0 Å². The molecule has 2 aliphatic heterocycles. The number of carbonyl (C=O) groups is 1. The molecule has 2 saturated heterocycles. The van der Waals surface area contributed by atoms with Gasteiger partial charge in [-0.3, -0.25) is 4.79 Å². The van der Waals surface area contributed by atoms with Crippen LogP contribution in [0.15, 0.2) is 0 Å². The van der Waals surface area contributed by atoms with Crippen LogP contribution < -0.4 is 5.32 Å². The van der Waals surface area contributed by atoms with Crippen LogP contribution in [0.1, 0.15) is 60.3 Å². The zero-order valence-corrected chi connectivity index (χ0v) is 12.9. The Labute approximate surface area is 116 Å². The van der Waals surface area contributed by atoms with Crippen molar-refractivity contribution in [1.82, 2.24) is 10.2 Å². The molecule has 0 saturated carbocycles. The van der Waals surface area contributed by atoms with Crippen molar-refractivity contribution in [1.29, 1.82) is 0 Å². The fraction of sp³-hybridized carbons (Fsp3) is 0.933. The van der Waals surface area contributed by atoms with E-state index in [1.54, 1.807) is 4.90 Å². The second-order valence-electron chi connectivity index (χ2n) is 7.78. The highest BCUT2D eigenvalue weighted by molar-refractivity contribution is 5.77. The number of likely N-dealkylation sites (tertiary alicyclic amines) is 1. The molecule has 2 N–H and O–H groups in total. The summed E-state index contributed by atoms with van der Waals surface area (Å²) >= 11 is 0. The molecule has 0 aromatic carbocycles. The van der Waals surface area contributed by atoms with Crippen molar-refractivity contribution >= 4 is 5.91 Å². The Morgan fingerprint density at radius 1 is 1.21 bits per heavy atom. The molecule has 0 spiro atoms. The summed E-state index contributed by atoms with van der Waals surface area (Å²) in [5.74, 6) is 0.409. The second-order valence-corrected chi connectivity index (χ2v) is 7.78. The zero-order valence-electron chi connectivity index (χ0n) is 12.9. The Kier molecular flexibility index (Phi) is 3.69. The zero-order chi connectivity index (χ0) is 14.4. The Bertz CT molecular complexity index is 349. The van der Waals surface area contributed by atoms with Gasteiger partial charge >= 0.3 is 0 Å². The minimum atomic E-state index is -0.606. The minimum absolute atomic E-state index is 0.00448. The summed E-state index contributed by atoms with van der Waals surface area (Å²) in [6, 6.07) is 0.140. The number of piperidine rings is 2. The number of hydrogen-bond acceptors (Lipinski definition) is 3. The Morgan fingerprint density at radius 3 is 2.21 bits per heavy atom. The quantitative estimate of drug-likeness (QED) is 0.763. The Hall–Kier alpha value is -0.610. The molecule has 19 heavy (non-hydrogen) atoms. The number of nitrogens with zero attached hydrogens (tertiary/aromatic N) is 1. The van der Waals surface area contributed by atoms with Gasteiger partial charge in [-0.25, -0.2) is 0 Å². The molecule has 4 nitrogen and oxygen atoms in total. The van der Waals surface area contributed by atoms with Gasteiger partial charge in [0, 0.05) is 23.5 Å². The van der Waals surface area contributed by atoms with Crippen molar-refractivity contribution in [2.45, 2.75) is 83.6 Å². The van der Waals surface area contributed by atoms with Gasteiger partial charge in [0.15, 0.2) is 0 Å². The van der Waals surface area contributed by atoms with E-state index in [4.69, 9.17) is 0 Å². The highest BCUT2D eigenvalue weighted by atomic mass is 16.3. The predicted octanol–water partition coefficient (Wildman–Crippen LogP) is 1.87. The van der Waals surface area contributed by atoms with Crippen molar-refractivity contribution < 1.29 is 9.90 Å². The third kappa shape index (κ3) is 3.29. The summed E-state index contributed by atoms with van der Waals surface area (Å²) in [6.07, 6.45) is 2.46. The van der Waals surface area contributed by atoms with Gasteiger partial charge in [-0.15, -0.1) is 0 Å². The standard InChI is InChI=1S/C15H28N2O2/c1-10-6-12(18)17(13(19)7-10)11-8-14(2,3)16-15(4,5)9-11/h10-12,16,18H,6-9H2,1-5H3. The van der Waals surface area contributed by atoms with Gasteiger partial charge < -0.3 is 15.3 Å². The van der Waals surface area contributed by atoms with Crippen LogP contribution in [-0.2, 0) is 4.79 Å². The lowest BCUT2D eigenvalue weighted by atomic mass is 9.78. The fourth-order valence-electron chi connectivity index (χ4n) is 4.04. The first-order valence-electron chi connectivity index (χ1n) is 7.38. The normalized spacial score (nSPS) is 35.5. The van der Waals surface area contributed by atoms with E-state index in [-0.39, 0.29) is 23.0 Å².